The summed E-state index contributed by atoms with van der Waals surface area (Å²) in [5.41, 5.74) is 2.11. The van der Waals surface area contributed by atoms with Gasteiger partial charge >= 0.3 is 0 Å². The fraction of sp³-hybridized carbons (Fsp3) is 0. The van der Waals surface area contributed by atoms with Crippen LogP contribution in [0.4, 0.5) is 17.1 Å². The lowest BCUT2D eigenvalue weighted by Gasteiger charge is -2.26. The van der Waals surface area contributed by atoms with Crippen LogP contribution >= 0.6 is 0 Å². The zero-order valence-corrected chi connectivity index (χ0v) is 31.3. The van der Waals surface area contributed by atoms with Gasteiger partial charge in [0.25, 0.3) is 0 Å². The number of hydrogen-bond donors (Lipinski definition) is 0. The maximum absolute atomic E-state index is 9.63. The molecule has 0 N–H and O–H groups in total. The second kappa shape index (κ2) is 16.0. The van der Waals surface area contributed by atoms with Crippen molar-refractivity contribution in [2.45, 2.75) is 0 Å². The van der Waals surface area contributed by atoms with Gasteiger partial charge in [0.1, 0.15) is 0 Å². The van der Waals surface area contributed by atoms with Gasteiger partial charge < -0.3 is 4.90 Å². The monoisotopic (exact) mass is 768 g/mol. The number of nitrogens with zero attached hydrogens (tertiary/aromatic N) is 1. The van der Waals surface area contributed by atoms with Crippen molar-refractivity contribution in [1.82, 2.24) is 0 Å². The molecule has 0 bridgehead atoms. The minimum absolute atomic E-state index is 0.0275. The van der Waals surface area contributed by atoms with E-state index >= 15 is 0 Å². The van der Waals surface area contributed by atoms with Gasteiger partial charge in [0.15, 0.2) is 0 Å². The molecule has 0 aromatic heterocycles. The van der Waals surface area contributed by atoms with Crippen molar-refractivity contribution >= 4 is 27.8 Å². The lowest BCUT2D eigenvalue weighted by molar-refractivity contribution is 1.28. The fourth-order valence-corrected chi connectivity index (χ4v) is 6.95. The van der Waals surface area contributed by atoms with Crippen molar-refractivity contribution in [3.63, 3.8) is 0 Å². The van der Waals surface area contributed by atoms with E-state index in [0.717, 1.165) is 49.1 Å². The van der Waals surface area contributed by atoms with Crippen LogP contribution in [-0.4, -0.2) is 0 Å². The third-order valence-corrected chi connectivity index (χ3v) is 9.96. The summed E-state index contributed by atoms with van der Waals surface area (Å²) in [6.45, 7) is 0. The summed E-state index contributed by atoms with van der Waals surface area (Å²) in [5.74, 6) is 0. The van der Waals surface area contributed by atoms with Gasteiger partial charge in [-0.1, -0.05) is 194 Å². The van der Waals surface area contributed by atoms with Crippen LogP contribution in [0.2, 0.25) is 0 Å². The molecule has 10 aromatic rings. The van der Waals surface area contributed by atoms with E-state index in [1.54, 1.807) is 42.5 Å². The molecule has 0 atom stereocenters. The maximum Gasteiger partial charge on any atom is 0.0645 e. The molecule has 0 spiro atoms. The van der Waals surface area contributed by atoms with Gasteiger partial charge in [0.2, 0.25) is 0 Å². The Morgan fingerprint density at radius 1 is 0.237 bits per heavy atom. The Morgan fingerprint density at radius 2 is 0.627 bits per heavy atom. The van der Waals surface area contributed by atoms with Gasteiger partial charge in [-0.2, -0.15) is 0 Å². The van der Waals surface area contributed by atoms with E-state index in [9.17, 15) is 11.0 Å². The molecule has 10 aromatic carbocycles. The Kier molecular flexibility index (Phi) is 5.89. The largest absolute Gasteiger partial charge is 0.311 e. The van der Waals surface area contributed by atoms with Crippen LogP contribution in [0, 0.1) is 0 Å². The van der Waals surface area contributed by atoms with E-state index in [1.165, 1.54) is 0 Å². The average Bonchev–Trinajstić information content (AvgIpc) is 3.44. The van der Waals surface area contributed by atoms with E-state index in [1.807, 2.05) is 103 Å². The van der Waals surface area contributed by atoms with Crippen molar-refractivity contribution in [1.29, 1.82) is 0 Å². The highest BCUT2D eigenvalue weighted by Gasteiger charge is 2.15. The number of hydrogen-bond acceptors (Lipinski definition) is 1. The third-order valence-electron chi connectivity index (χ3n) is 9.96. The van der Waals surface area contributed by atoms with Gasteiger partial charge in [-0.05, 0) is 132 Å². The highest BCUT2D eigenvalue weighted by atomic mass is 15.1. The summed E-state index contributed by atoms with van der Waals surface area (Å²) in [6, 6.07) is 32.5. The highest BCUT2D eigenvalue weighted by molar-refractivity contribution is 5.88. The Hall–Kier alpha value is -7.74. The summed E-state index contributed by atoms with van der Waals surface area (Å²) in [5, 5.41) is 2.04. The van der Waals surface area contributed by atoms with Crippen LogP contribution in [0.3, 0.4) is 0 Å². The van der Waals surface area contributed by atoms with E-state index in [-0.39, 0.29) is 11.3 Å². The smallest absolute Gasteiger partial charge is 0.0645 e. The first-order valence-corrected chi connectivity index (χ1v) is 18.9. The van der Waals surface area contributed by atoms with Gasteiger partial charge in [-0.25, -0.2) is 0 Å². The molecule has 0 aliphatic rings. The molecule has 0 heterocycles. The Balaban J connectivity index is 1.16. The molecule has 0 aliphatic carbocycles. The van der Waals surface area contributed by atoms with Crippen LogP contribution in [0.5, 0.6) is 0 Å². The maximum atomic E-state index is 9.63. The Bertz CT molecular complexity index is 3910. The quantitative estimate of drug-likeness (QED) is 0.141. The minimum Gasteiger partial charge on any atom is -0.311 e. The fourth-order valence-electron chi connectivity index (χ4n) is 6.95. The van der Waals surface area contributed by atoms with Gasteiger partial charge in [0, 0.05) is 17.1 Å². The van der Waals surface area contributed by atoms with Crippen LogP contribution in [0.15, 0.2) is 248 Å². The molecule has 10 rings (SSSR count). The summed E-state index contributed by atoms with van der Waals surface area (Å²) in [7, 11) is 0. The molecule has 0 amide bonds. The Morgan fingerprint density at radius 3 is 1.20 bits per heavy atom. The van der Waals surface area contributed by atoms with E-state index in [0.29, 0.717) is 5.56 Å². The summed E-state index contributed by atoms with van der Waals surface area (Å²) < 4.78 is 154. The molecular weight excluding hydrogens is 711 g/mol. The van der Waals surface area contributed by atoms with Crippen molar-refractivity contribution in [2.24, 2.45) is 0 Å². The first-order valence-electron chi connectivity index (χ1n) is 27.4. The molecule has 59 heavy (non-hydrogen) atoms. The molecule has 0 fully saturated rings. The van der Waals surface area contributed by atoms with E-state index in [2.05, 4.69) is 0 Å². The summed E-state index contributed by atoms with van der Waals surface area (Å²) in [4.78, 5) is 1.13. The molecular formula is C58H41N. The molecule has 0 unspecified atom stereocenters. The number of anilines is 3. The first kappa shape index (κ1) is 21.7. The van der Waals surface area contributed by atoms with Crippen molar-refractivity contribution in [2.75, 3.05) is 4.90 Å². The van der Waals surface area contributed by atoms with Crippen LogP contribution in [0.1, 0.15) is 23.3 Å². The van der Waals surface area contributed by atoms with Crippen molar-refractivity contribution in [3.05, 3.63) is 248 Å². The van der Waals surface area contributed by atoms with E-state index < -0.39 is 136 Å². The first-order chi connectivity index (χ1) is 36.3. The number of rotatable bonds is 9. The number of fused-ring (bicyclic) bond motifs is 1. The molecule has 1 heteroatoms. The molecule has 278 valence electrons. The molecule has 0 saturated heterocycles. The standard InChI is InChI=1S/C58H41N/c1-3-11-42(12-4-1)45-21-23-46(24-22-45)47-27-33-56(34-28-47)59(57-35-29-48(30-36-57)52-18-9-17-51(39-52)43-13-5-2-6-14-43)58-37-31-49(32-38-58)53-19-10-20-54(40-53)55-26-25-44-15-7-8-16-50(44)41-55/h1-41H/i1D,3D,4D,11D,12D,21D,22D,23D,24D,27D,28D,31D,32D,33D,34D,37D,38D. The lowest BCUT2D eigenvalue weighted by atomic mass is 9.97. The highest BCUT2D eigenvalue weighted by Crippen LogP contribution is 2.39. The Labute approximate surface area is 370 Å². The SMILES string of the molecule is [2H]c1c([2H])c([2H])c(-c2c([2H])c([2H])c(-c3c([2H])c([2H])c(N(c4ccc(-c5cccc(-c6ccccc6)c5)cc4)c4c([2H])c([2H])c(-c5cccc(-c6ccc7ccccc7c6)c5)c([2H])c4[2H])c([2H])c3[2H])c([2H])c2[2H])c([2H])c1[2H]. The topological polar surface area (TPSA) is 3.24 Å². The third kappa shape index (κ3) is 7.58. The molecule has 0 saturated carbocycles. The van der Waals surface area contributed by atoms with Gasteiger partial charge in [-0.15, -0.1) is 0 Å². The molecule has 0 radical (unpaired) electrons. The van der Waals surface area contributed by atoms with Crippen molar-refractivity contribution in [3.8, 4) is 66.8 Å². The van der Waals surface area contributed by atoms with Crippen LogP contribution < -0.4 is 4.90 Å². The molecule has 1 nitrogen and oxygen atoms in total. The van der Waals surface area contributed by atoms with Crippen LogP contribution in [-0.2, 0) is 0 Å². The second-order valence-corrected chi connectivity index (χ2v) is 13.7. The molecule has 0 aliphatic heterocycles. The number of benzene rings is 10. The average molecular weight is 769 g/mol. The predicted octanol–water partition coefficient (Wildman–Crippen LogP) is 16.3. The zero-order chi connectivity index (χ0) is 54.2. The minimum atomic E-state index is -0.875. The zero-order valence-electron chi connectivity index (χ0n) is 48.3. The van der Waals surface area contributed by atoms with Gasteiger partial charge in [0.05, 0.1) is 23.3 Å². The lowest BCUT2D eigenvalue weighted by Crippen LogP contribution is -2.09. The van der Waals surface area contributed by atoms with Gasteiger partial charge in [-0.3, -0.25) is 0 Å². The van der Waals surface area contributed by atoms with Crippen molar-refractivity contribution < 1.29 is 23.3 Å². The normalized spacial score (nSPS) is 15.1. The summed E-state index contributed by atoms with van der Waals surface area (Å²) >= 11 is 0. The predicted molar refractivity (Wildman–Crippen MR) is 251 cm³/mol. The summed E-state index contributed by atoms with van der Waals surface area (Å²) in [6.07, 6.45) is 0. The second-order valence-electron chi connectivity index (χ2n) is 13.7. The van der Waals surface area contributed by atoms with E-state index in [4.69, 9.17) is 12.3 Å². The van der Waals surface area contributed by atoms with Crippen LogP contribution in [0.25, 0.3) is 77.5 Å².